The van der Waals surface area contributed by atoms with Crippen molar-refractivity contribution in [3.63, 3.8) is 0 Å². The van der Waals surface area contributed by atoms with Crippen molar-refractivity contribution < 1.29 is 27.8 Å². The summed E-state index contributed by atoms with van der Waals surface area (Å²) in [5.74, 6) is -2.03. The Bertz CT molecular complexity index is 455. The van der Waals surface area contributed by atoms with Crippen molar-refractivity contribution >= 4 is 27.3 Å². The van der Waals surface area contributed by atoms with Gasteiger partial charge in [0.1, 0.15) is 0 Å². The highest BCUT2D eigenvalue weighted by Gasteiger charge is 2.11. The second kappa shape index (κ2) is 5.79. The van der Waals surface area contributed by atoms with Crippen molar-refractivity contribution in [1.82, 2.24) is 0 Å². The summed E-state index contributed by atoms with van der Waals surface area (Å²) in [6.07, 6.45) is 0. The summed E-state index contributed by atoms with van der Waals surface area (Å²) in [7, 11) is -2.64. The van der Waals surface area contributed by atoms with E-state index in [9.17, 15) is 18.0 Å². The molecule has 0 saturated heterocycles. The van der Waals surface area contributed by atoms with E-state index in [4.69, 9.17) is 0 Å². The standard InChI is InChI=1S/C8H8O6S/c1-5(2)7(9)13-14-8(10)6(3)4-15(11)12/h1H2,2-3H3. The first-order valence-corrected chi connectivity index (χ1v) is 4.70. The smallest absolute Gasteiger partial charge is 0.242 e. The van der Waals surface area contributed by atoms with Crippen molar-refractivity contribution in [1.29, 1.82) is 0 Å². The molecule has 0 N–H and O–H groups in total. The van der Waals surface area contributed by atoms with E-state index >= 15 is 0 Å². The second-order valence-electron chi connectivity index (χ2n) is 2.48. The maximum atomic E-state index is 10.9. The second-order valence-corrected chi connectivity index (χ2v) is 3.16. The van der Waals surface area contributed by atoms with Gasteiger partial charge in [-0.3, -0.25) is 0 Å². The molecule has 0 spiro atoms. The van der Waals surface area contributed by atoms with Gasteiger partial charge in [0.25, 0.3) is 10.3 Å². The van der Waals surface area contributed by atoms with Gasteiger partial charge in [0.2, 0.25) is 0 Å². The van der Waals surface area contributed by atoms with Crippen molar-refractivity contribution in [3.8, 4) is 0 Å². The van der Waals surface area contributed by atoms with Gasteiger partial charge in [-0.2, -0.15) is 8.42 Å². The van der Waals surface area contributed by atoms with E-state index in [2.05, 4.69) is 16.4 Å². The van der Waals surface area contributed by atoms with Crippen LogP contribution >= 0.6 is 0 Å². The molecule has 0 aliphatic carbocycles. The molecule has 0 fully saturated rings. The van der Waals surface area contributed by atoms with Crippen molar-refractivity contribution in [2.24, 2.45) is 0 Å². The third kappa shape index (κ3) is 5.45. The quantitative estimate of drug-likeness (QED) is 0.283. The molecule has 0 heterocycles. The Kier molecular flexibility index (Phi) is 5.08. The fourth-order valence-corrected chi connectivity index (χ4v) is 0.709. The lowest BCUT2D eigenvalue weighted by molar-refractivity contribution is -0.252. The van der Waals surface area contributed by atoms with E-state index in [1.54, 1.807) is 5.02 Å². The summed E-state index contributed by atoms with van der Waals surface area (Å²) in [4.78, 5) is 29.7. The number of hydrogen-bond donors (Lipinski definition) is 0. The van der Waals surface area contributed by atoms with Gasteiger partial charge >= 0.3 is 11.9 Å². The Morgan fingerprint density at radius 2 is 1.60 bits per heavy atom. The van der Waals surface area contributed by atoms with Crippen LogP contribution in [0.4, 0.5) is 0 Å². The maximum absolute atomic E-state index is 10.9. The average molecular weight is 232 g/mol. The molecule has 82 valence electrons. The first kappa shape index (κ1) is 13.2. The topological polar surface area (TPSA) is 86.7 Å². The minimum absolute atomic E-state index is 0.0424. The summed E-state index contributed by atoms with van der Waals surface area (Å²) in [5, 5.41) is 1.74. The fraction of sp³-hybridized carbons (Fsp3) is 0.250. The molecule has 15 heavy (non-hydrogen) atoms. The van der Waals surface area contributed by atoms with Crippen LogP contribution in [0.3, 0.4) is 0 Å². The van der Waals surface area contributed by atoms with Crippen LogP contribution in [0, 0.1) is 0 Å². The molecule has 0 atom stereocenters. The van der Waals surface area contributed by atoms with E-state index in [-0.39, 0.29) is 11.1 Å². The Morgan fingerprint density at radius 1 is 1.13 bits per heavy atom. The molecule has 0 unspecified atom stereocenters. The predicted octanol–water partition coefficient (Wildman–Crippen LogP) is -0.210. The molecular weight excluding hydrogens is 224 g/mol. The van der Waals surface area contributed by atoms with Gasteiger partial charge in [-0.05, 0) is 13.8 Å². The molecule has 0 bridgehead atoms. The van der Waals surface area contributed by atoms with Gasteiger partial charge in [0.15, 0.2) is 0 Å². The van der Waals surface area contributed by atoms with E-state index in [0.29, 0.717) is 0 Å². The average Bonchev–Trinajstić information content (AvgIpc) is 2.12. The van der Waals surface area contributed by atoms with E-state index in [1.807, 2.05) is 0 Å². The van der Waals surface area contributed by atoms with Gasteiger partial charge in [0, 0.05) is 10.6 Å². The molecular formula is C8H8O6S. The first-order valence-electron chi connectivity index (χ1n) is 3.62. The summed E-state index contributed by atoms with van der Waals surface area (Å²) < 4.78 is 20.2. The van der Waals surface area contributed by atoms with Gasteiger partial charge in [0.05, 0.1) is 5.57 Å². The molecule has 0 rings (SSSR count). The Hall–Kier alpha value is -1.85. The number of rotatable bonds is 2. The molecule has 0 aromatic rings. The third-order valence-corrected chi connectivity index (χ3v) is 1.56. The Labute approximate surface area is 87.3 Å². The first-order chi connectivity index (χ1) is 6.84. The molecule has 0 aromatic heterocycles. The molecule has 0 aliphatic heterocycles. The monoisotopic (exact) mass is 232 g/mol. The van der Waals surface area contributed by atoms with Crippen molar-refractivity contribution in [3.05, 3.63) is 17.7 Å². The van der Waals surface area contributed by atoms with Gasteiger partial charge in [-0.15, -0.1) is 0 Å². The molecule has 6 nitrogen and oxygen atoms in total. The van der Waals surface area contributed by atoms with Crippen LogP contribution in [0.5, 0.6) is 0 Å². The predicted molar refractivity (Wildman–Crippen MR) is 50.1 cm³/mol. The van der Waals surface area contributed by atoms with Crippen LogP contribution in [0.15, 0.2) is 17.7 Å². The molecule has 7 heteroatoms. The summed E-state index contributed by atoms with van der Waals surface area (Å²) >= 11 is 0. The van der Waals surface area contributed by atoms with Crippen molar-refractivity contribution in [2.45, 2.75) is 13.8 Å². The highest BCUT2D eigenvalue weighted by molar-refractivity contribution is 7.71. The zero-order valence-corrected chi connectivity index (χ0v) is 8.88. The lowest BCUT2D eigenvalue weighted by Gasteiger charge is -2.00. The normalized spacial score (nSPS) is 8.40. The SMILES string of the molecule is C=C(C)C(=O)OOC(=O)C(C)=C=S(=O)=O. The van der Waals surface area contributed by atoms with Crippen LogP contribution in [0.25, 0.3) is 0 Å². The van der Waals surface area contributed by atoms with Crippen LogP contribution in [0.2, 0.25) is 0 Å². The van der Waals surface area contributed by atoms with Gasteiger partial charge < -0.3 is 0 Å². The Balaban J connectivity index is 4.49. The lowest BCUT2D eigenvalue weighted by atomic mass is 10.4. The minimum Gasteiger partial charge on any atom is -0.242 e. The molecule has 0 aromatic carbocycles. The summed E-state index contributed by atoms with van der Waals surface area (Å²) in [6.45, 7) is 5.74. The number of carbonyl (C=O) groups excluding carboxylic acids is 2. The zero-order valence-electron chi connectivity index (χ0n) is 8.06. The van der Waals surface area contributed by atoms with Crippen LogP contribution < -0.4 is 0 Å². The molecule has 0 radical (unpaired) electrons. The lowest BCUT2D eigenvalue weighted by Crippen LogP contribution is -2.12. The largest absolute Gasteiger partial charge is 0.390 e. The Morgan fingerprint density at radius 3 is 2.00 bits per heavy atom. The highest BCUT2D eigenvalue weighted by Crippen LogP contribution is 1.96. The highest BCUT2D eigenvalue weighted by atomic mass is 32.2. The molecule has 0 saturated carbocycles. The number of hydrogen-bond acceptors (Lipinski definition) is 6. The van der Waals surface area contributed by atoms with Crippen LogP contribution in [-0.4, -0.2) is 25.4 Å². The summed E-state index contributed by atoms with van der Waals surface area (Å²) in [5.41, 5.74) is -0.293. The van der Waals surface area contributed by atoms with E-state index in [0.717, 1.165) is 6.92 Å². The minimum atomic E-state index is -2.64. The van der Waals surface area contributed by atoms with Crippen LogP contribution in [-0.2, 0) is 29.7 Å². The van der Waals surface area contributed by atoms with Gasteiger partial charge in [-0.25, -0.2) is 19.4 Å². The van der Waals surface area contributed by atoms with Gasteiger partial charge in [-0.1, -0.05) is 6.58 Å². The van der Waals surface area contributed by atoms with Crippen molar-refractivity contribution in [2.75, 3.05) is 0 Å². The summed E-state index contributed by atoms with van der Waals surface area (Å²) in [6, 6.07) is 0. The fourth-order valence-electron chi connectivity index (χ4n) is 0.376. The third-order valence-electron chi connectivity index (χ3n) is 1.08. The number of carbonyl (C=O) groups is 2. The molecule has 0 amide bonds. The maximum Gasteiger partial charge on any atom is 0.390 e. The zero-order chi connectivity index (χ0) is 12.0. The van der Waals surface area contributed by atoms with Crippen LogP contribution in [0.1, 0.15) is 13.8 Å². The molecule has 0 aliphatic rings. The van der Waals surface area contributed by atoms with E-state index in [1.165, 1.54) is 6.92 Å². The van der Waals surface area contributed by atoms with E-state index < -0.39 is 22.2 Å².